The molecule has 1 saturated heterocycles. The minimum atomic E-state index is -0.0799. The van der Waals surface area contributed by atoms with Crippen molar-refractivity contribution in [2.75, 3.05) is 20.1 Å². The molecule has 4 rings (SSSR count). The molecule has 0 unspecified atom stereocenters. The maximum Gasteiger partial charge on any atom is 0.254 e. The van der Waals surface area contributed by atoms with Gasteiger partial charge >= 0.3 is 0 Å². The van der Waals surface area contributed by atoms with E-state index < -0.39 is 0 Å². The standard InChI is InChI=1S/C20H21N5O2/c1-25(13-18-23-19(24-27-18)17-4-2-3-10-22-17)20(26)15-7-5-14(6-8-15)16-9-11-21-12-16/h2-8,10,16,21H,9,11-13H2,1H3/t16-/m0/s1. The lowest BCUT2D eigenvalue weighted by molar-refractivity contribution is 0.0769. The van der Waals surface area contributed by atoms with Gasteiger partial charge in [0.1, 0.15) is 5.69 Å². The van der Waals surface area contributed by atoms with E-state index in [4.69, 9.17) is 4.52 Å². The van der Waals surface area contributed by atoms with Crippen LogP contribution in [0.5, 0.6) is 0 Å². The Bertz CT molecular complexity index is 902. The number of pyridine rings is 1. The van der Waals surface area contributed by atoms with Crippen LogP contribution in [-0.4, -0.2) is 46.1 Å². The Morgan fingerprint density at radius 1 is 1.26 bits per heavy atom. The number of aromatic nitrogens is 3. The molecule has 1 aromatic carbocycles. The summed E-state index contributed by atoms with van der Waals surface area (Å²) in [4.78, 5) is 22.8. The van der Waals surface area contributed by atoms with E-state index in [1.54, 1.807) is 18.1 Å². The van der Waals surface area contributed by atoms with Crippen LogP contribution < -0.4 is 5.32 Å². The molecule has 1 aliphatic heterocycles. The van der Waals surface area contributed by atoms with Crippen molar-refractivity contribution in [3.8, 4) is 11.5 Å². The number of benzene rings is 1. The third-order valence-corrected chi connectivity index (χ3v) is 4.77. The van der Waals surface area contributed by atoms with Gasteiger partial charge in [-0.3, -0.25) is 9.78 Å². The number of amides is 1. The SMILES string of the molecule is CN(Cc1nc(-c2ccccn2)no1)C(=O)c1ccc([C@H]2CCNC2)cc1. The van der Waals surface area contributed by atoms with Crippen LogP contribution >= 0.6 is 0 Å². The molecule has 0 saturated carbocycles. The van der Waals surface area contributed by atoms with Gasteiger partial charge in [0.05, 0.1) is 6.54 Å². The van der Waals surface area contributed by atoms with Crippen LogP contribution in [0.2, 0.25) is 0 Å². The van der Waals surface area contributed by atoms with E-state index >= 15 is 0 Å². The lowest BCUT2D eigenvalue weighted by Gasteiger charge is -2.15. The number of nitrogens with zero attached hydrogens (tertiary/aromatic N) is 4. The lowest BCUT2D eigenvalue weighted by atomic mass is 9.97. The summed E-state index contributed by atoms with van der Waals surface area (Å²) in [6.45, 7) is 2.30. The van der Waals surface area contributed by atoms with Crippen molar-refractivity contribution in [3.05, 3.63) is 65.7 Å². The first-order chi connectivity index (χ1) is 13.2. The third kappa shape index (κ3) is 3.88. The van der Waals surface area contributed by atoms with Gasteiger partial charge in [0.15, 0.2) is 0 Å². The number of hydrogen-bond donors (Lipinski definition) is 1. The van der Waals surface area contributed by atoms with Gasteiger partial charge in [-0.25, -0.2) is 0 Å². The fourth-order valence-electron chi connectivity index (χ4n) is 3.25. The third-order valence-electron chi connectivity index (χ3n) is 4.77. The quantitative estimate of drug-likeness (QED) is 0.750. The molecule has 7 nitrogen and oxygen atoms in total. The van der Waals surface area contributed by atoms with Crippen LogP contribution in [0.4, 0.5) is 0 Å². The highest BCUT2D eigenvalue weighted by atomic mass is 16.5. The van der Waals surface area contributed by atoms with E-state index in [1.807, 2.05) is 42.5 Å². The molecule has 0 bridgehead atoms. The van der Waals surface area contributed by atoms with Gasteiger partial charge in [0, 0.05) is 25.4 Å². The second-order valence-electron chi connectivity index (χ2n) is 6.70. The van der Waals surface area contributed by atoms with Crippen molar-refractivity contribution >= 4 is 5.91 Å². The number of rotatable bonds is 5. The number of carbonyl (C=O) groups excluding carboxylic acids is 1. The zero-order valence-corrected chi connectivity index (χ0v) is 15.1. The number of hydrogen-bond acceptors (Lipinski definition) is 6. The summed E-state index contributed by atoms with van der Waals surface area (Å²) in [7, 11) is 1.72. The molecular formula is C20H21N5O2. The smallest absolute Gasteiger partial charge is 0.254 e. The average Bonchev–Trinajstić information content (AvgIpc) is 3.40. The fraction of sp³-hybridized carbons (Fsp3) is 0.300. The van der Waals surface area contributed by atoms with E-state index in [0.717, 1.165) is 19.5 Å². The van der Waals surface area contributed by atoms with Crippen LogP contribution in [0.3, 0.4) is 0 Å². The van der Waals surface area contributed by atoms with E-state index in [0.29, 0.717) is 28.9 Å². The summed E-state index contributed by atoms with van der Waals surface area (Å²) in [6.07, 6.45) is 2.81. The molecule has 1 fully saturated rings. The summed E-state index contributed by atoms with van der Waals surface area (Å²) in [5.74, 6) is 1.25. The van der Waals surface area contributed by atoms with Gasteiger partial charge in [-0.1, -0.05) is 23.4 Å². The monoisotopic (exact) mass is 363 g/mol. The van der Waals surface area contributed by atoms with Crippen molar-refractivity contribution in [3.63, 3.8) is 0 Å². The predicted octanol–water partition coefficient (Wildman–Crippen LogP) is 2.48. The van der Waals surface area contributed by atoms with Gasteiger partial charge in [-0.05, 0) is 48.7 Å². The van der Waals surface area contributed by atoms with Crippen LogP contribution in [0.25, 0.3) is 11.5 Å². The highest BCUT2D eigenvalue weighted by Gasteiger charge is 2.19. The molecule has 7 heteroatoms. The molecule has 3 aromatic rings. The zero-order valence-electron chi connectivity index (χ0n) is 15.1. The van der Waals surface area contributed by atoms with Crippen molar-refractivity contribution in [1.82, 2.24) is 25.3 Å². The van der Waals surface area contributed by atoms with Crippen LogP contribution in [-0.2, 0) is 6.54 Å². The van der Waals surface area contributed by atoms with Crippen molar-refractivity contribution in [2.45, 2.75) is 18.9 Å². The predicted molar refractivity (Wildman–Crippen MR) is 100.0 cm³/mol. The average molecular weight is 363 g/mol. The van der Waals surface area contributed by atoms with Crippen LogP contribution in [0.15, 0.2) is 53.2 Å². The molecule has 0 radical (unpaired) electrons. The maximum atomic E-state index is 12.7. The molecule has 3 heterocycles. The second kappa shape index (κ2) is 7.67. The Morgan fingerprint density at radius 2 is 2.11 bits per heavy atom. The maximum absolute atomic E-state index is 12.7. The fourth-order valence-corrected chi connectivity index (χ4v) is 3.25. The summed E-state index contributed by atoms with van der Waals surface area (Å²) in [5.41, 5.74) is 2.56. The molecule has 1 aliphatic rings. The normalized spacial score (nSPS) is 16.4. The van der Waals surface area contributed by atoms with E-state index in [2.05, 4.69) is 20.4 Å². The topological polar surface area (TPSA) is 84.2 Å². The van der Waals surface area contributed by atoms with Crippen molar-refractivity contribution in [2.24, 2.45) is 0 Å². The van der Waals surface area contributed by atoms with Crippen molar-refractivity contribution < 1.29 is 9.32 Å². The minimum Gasteiger partial charge on any atom is -0.337 e. The lowest BCUT2D eigenvalue weighted by Crippen LogP contribution is -2.26. The van der Waals surface area contributed by atoms with Gasteiger partial charge < -0.3 is 14.7 Å². The molecule has 138 valence electrons. The molecule has 1 amide bonds. The zero-order chi connectivity index (χ0) is 18.6. The van der Waals surface area contributed by atoms with Crippen LogP contribution in [0.1, 0.15) is 34.2 Å². The first-order valence-corrected chi connectivity index (χ1v) is 9.01. The first-order valence-electron chi connectivity index (χ1n) is 9.01. The molecular weight excluding hydrogens is 342 g/mol. The van der Waals surface area contributed by atoms with Crippen molar-refractivity contribution in [1.29, 1.82) is 0 Å². The highest BCUT2D eigenvalue weighted by molar-refractivity contribution is 5.94. The van der Waals surface area contributed by atoms with Gasteiger partial charge in [0.2, 0.25) is 11.7 Å². The summed E-state index contributed by atoms with van der Waals surface area (Å²) in [6, 6.07) is 13.4. The van der Waals surface area contributed by atoms with E-state index in [-0.39, 0.29) is 12.5 Å². The molecule has 1 atom stereocenters. The Hall–Kier alpha value is -3.06. The molecule has 1 N–H and O–H groups in total. The largest absolute Gasteiger partial charge is 0.337 e. The minimum absolute atomic E-state index is 0.0799. The Labute approximate surface area is 157 Å². The molecule has 2 aromatic heterocycles. The van der Waals surface area contributed by atoms with Gasteiger partial charge in [-0.2, -0.15) is 4.98 Å². The summed E-state index contributed by atoms with van der Waals surface area (Å²) < 4.78 is 5.26. The summed E-state index contributed by atoms with van der Waals surface area (Å²) >= 11 is 0. The van der Waals surface area contributed by atoms with E-state index in [1.165, 1.54) is 5.56 Å². The Balaban J connectivity index is 1.41. The van der Waals surface area contributed by atoms with Crippen LogP contribution in [0, 0.1) is 0 Å². The summed E-state index contributed by atoms with van der Waals surface area (Å²) in [5, 5.41) is 7.30. The molecule has 0 aliphatic carbocycles. The number of carbonyl (C=O) groups is 1. The highest BCUT2D eigenvalue weighted by Crippen LogP contribution is 2.23. The Morgan fingerprint density at radius 3 is 2.81 bits per heavy atom. The second-order valence-corrected chi connectivity index (χ2v) is 6.70. The molecule has 0 spiro atoms. The van der Waals surface area contributed by atoms with E-state index in [9.17, 15) is 4.79 Å². The first kappa shape index (κ1) is 17.4. The number of nitrogens with one attached hydrogen (secondary N) is 1. The van der Waals surface area contributed by atoms with Gasteiger partial charge in [0.25, 0.3) is 5.91 Å². The molecule has 27 heavy (non-hydrogen) atoms. The van der Waals surface area contributed by atoms with Gasteiger partial charge in [-0.15, -0.1) is 0 Å². The Kier molecular flexibility index (Phi) is 4.93.